The van der Waals surface area contributed by atoms with Gasteiger partial charge in [-0.15, -0.1) is 0 Å². The van der Waals surface area contributed by atoms with E-state index in [1.807, 2.05) is 11.8 Å². The summed E-state index contributed by atoms with van der Waals surface area (Å²) in [7, 11) is 0. The molecule has 2 atom stereocenters. The molecule has 2 heteroatoms. The van der Waals surface area contributed by atoms with Crippen molar-refractivity contribution >= 4 is 11.8 Å². The van der Waals surface area contributed by atoms with Gasteiger partial charge in [-0.1, -0.05) is 20.8 Å². The van der Waals surface area contributed by atoms with Crippen molar-refractivity contribution < 1.29 is 0 Å². The van der Waals surface area contributed by atoms with Crippen LogP contribution in [0.5, 0.6) is 0 Å². The molecular formula is C11H23NS. The van der Waals surface area contributed by atoms with E-state index in [0.717, 1.165) is 17.8 Å². The molecule has 1 rings (SSSR count). The van der Waals surface area contributed by atoms with Gasteiger partial charge in [0, 0.05) is 17.8 Å². The van der Waals surface area contributed by atoms with Gasteiger partial charge in [0.2, 0.25) is 0 Å². The van der Waals surface area contributed by atoms with Crippen molar-refractivity contribution in [2.24, 2.45) is 5.41 Å². The molecule has 0 aromatic heterocycles. The lowest BCUT2D eigenvalue weighted by atomic mass is 9.96. The van der Waals surface area contributed by atoms with Crippen molar-refractivity contribution in [2.75, 3.05) is 12.8 Å². The molecule has 13 heavy (non-hydrogen) atoms. The smallest absolute Gasteiger partial charge is 0.00782 e. The van der Waals surface area contributed by atoms with Crippen molar-refractivity contribution in [1.82, 2.24) is 5.32 Å². The van der Waals surface area contributed by atoms with Crippen LogP contribution in [0.25, 0.3) is 0 Å². The normalized spacial score (nSPS) is 29.5. The van der Waals surface area contributed by atoms with Crippen LogP contribution >= 0.6 is 11.8 Å². The minimum atomic E-state index is 0.428. The fourth-order valence-electron chi connectivity index (χ4n) is 1.79. The molecule has 1 nitrogen and oxygen atoms in total. The van der Waals surface area contributed by atoms with Crippen LogP contribution in [0.15, 0.2) is 0 Å². The van der Waals surface area contributed by atoms with Crippen LogP contribution in [0.2, 0.25) is 0 Å². The van der Waals surface area contributed by atoms with Gasteiger partial charge in [-0.2, -0.15) is 11.8 Å². The van der Waals surface area contributed by atoms with E-state index in [1.54, 1.807) is 0 Å². The van der Waals surface area contributed by atoms with E-state index >= 15 is 0 Å². The van der Waals surface area contributed by atoms with Gasteiger partial charge in [0.1, 0.15) is 0 Å². The lowest BCUT2D eigenvalue weighted by molar-refractivity contribution is 0.351. The molecule has 1 N–H and O–H groups in total. The molecule has 0 saturated heterocycles. The first kappa shape index (κ1) is 11.4. The van der Waals surface area contributed by atoms with Crippen LogP contribution in [-0.4, -0.2) is 24.1 Å². The predicted molar refractivity (Wildman–Crippen MR) is 62.4 cm³/mol. The van der Waals surface area contributed by atoms with Crippen LogP contribution in [-0.2, 0) is 0 Å². The number of thioether (sulfide) groups is 1. The monoisotopic (exact) mass is 201 g/mol. The fourth-order valence-corrected chi connectivity index (χ4v) is 2.59. The van der Waals surface area contributed by atoms with Crippen LogP contribution in [0, 0.1) is 5.41 Å². The molecule has 0 radical (unpaired) electrons. The van der Waals surface area contributed by atoms with E-state index in [1.165, 1.54) is 19.3 Å². The molecule has 0 aliphatic heterocycles. The molecule has 1 aliphatic rings. The molecule has 0 amide bonds. The predicted octanol–water partition coefficient (Wildman–Crippen LogP) is 2.91. The van der Waals surface area contributed by atoms with E-state index in [2.05, 4.69) is 32.3 Å². The van der Waals surface area contributed by atoms with E-state index < -0.39 is 0 Å². The van der Waals surface area contributed by atoms with Gasteiger partial charge >= 0.3 is 0 Å². The quantitative estimate of drug-likeness (QED) is 0.753. The van der Waals surface area contributed by atoms with Crippen molar-refractivity contribution in [3.8, 4) is 0 Å². The van der Waals surface area contributed by atoms with Crippen molar-refractivity contribution in [3.63, 3.8) is 0 Å². The van der Waals surface area contributed by atoms with Gasteiger partial charge in [-0.3, -0.25) is 0 Å². The van der Waals surface area contributed by atoms with Crippen LogP contribution in [0.1, 0.15) is 40.0 Å². The zero-order valence-electron chi connectivity index (χ0n) is 9.39. The molecule has 0 spiro atoms. The van der Waals surface area contributed by atoms with Gasteiger partial charge in [0.15, 0.2) is 0 Å². The Morgan fingerprint density at radius 1 is 1.31 bits per heavy atom. The Morgan fingerprint density at radius 2 is 2.00 bits per heavy atom. The third-order valence-electron chi connectivity index (χ3n) is 2.64. The maximum absolute atomic E-state index is 3.67. The van der Waals surface area contributed by atoms with E-state index in [-0.39, 0.29) is 0 Å². The number of hydrogen-bond acceptors (Lipinski definition) is 2. The summed E-state index contributed by atoms with van der Waals surface area (Å²) in [5, 5.41) is 4.59. The zero-order valence-corrected chi connectivity index (χ0v) is 10.2. The van der Waals surface area contributed by atoms with Gasteiger partial charge in [0.05, 0.1) is 0 Å². The summed E-state index contributed by atoms with van der Waals surface area (Å²) in [6.45, 7) is 8.03. The van der Waals surface area contributed by atoms with E-state index in [9.17, 15) is 0 Å². The van der Waals surface area contributed by atoms with Crippen LogP contribution in [0.4, 0.5) is 0 Å². The second kappa shape index (κ2) is 4.70. The summed E-state index contributed by atoms with van der Waals surface area (Å²) in [6, 6.07) is 0.789. The zero-order chi connectivity index (χ0) is 9.90. The van der Waals surface area contributed by atoms with Crippen LogP contribution in [0.3, 0.4) is 0 Å². The summed E-state index contributed by atoms with van der Waals surface area (Å²) in [4.78, 5) is 0. The molecule has 0 aromatic carbocycles. The lowest BCUT2D eigenvalue weighted by Crippen LogP contribution is -2.34. The number of rotatable bonds is 3. The lowest BCUT2D eigenvalue weighted by Gasteiger charge is -2.22. The molecule has 78 valence electrons. The molecule has 2 unspecified atom stereocenters. The van der Waals surface area contributed by atoms with E-state index in [4.69, 9.17) is 0 Å². The SMILES string of the molecule is CSC1CCC(NCC(C)(C)C)C1. The Balaban J connectivity index is 2.17. The first-order valence-corrected chi connectivity index (χ1v) is 6.56. The highest BCUT2D eigenvalue weighted by Crippen LogP contribution is 2.28. The molecular weight excluding hydrogens is 178 g/mol. The second-order valence-corrected chi connectivity index (χ2v) is 6.45. The highest BCUT2D eigenvalue weighted by atomic mass is 32.2. The minimum Gasteiger partial charge on any atom is -0.313 e. The average Bonchev–Trinajstić information content (AvgIpc) is 2.47. The number of nitrogens with one attached hydrogen (secondary N) is 1. The topological polar surface area (TPSA) is 12.0 Å². The Hall–Kier alpha value is 0.310. The molecule has 1 saturated carbocycles. The molecule has 1 aliphatic carbocycles. The third kappa shape index (κ3) is 4.37. The summed E-state index contributed by atoms with van der Waals surface area (Å²) in [5.41, 5.74) is 0.428. The standard InChI is InChI=1S/C11H23NS/c1-11(2,3)8-12-9-5-6-10(7-9)13-4/h9-10,12H,5-8H2,1-4H3. The molecule has 0 aromatic rings. The summed E-state index contributed by atoms with van der Waals surface area (Å²) in [5.74, 6) is 0. The van der Waals surface area contributed by atoms with Gasteiger partial charge in [-0.05, 0) is 30.9 Å². The summed E-state index contributed by atoms with van der Waals surface area (Å²) < 4.78 is 0. The Bertz CT molecular complexity index is 151. The summed E-state index contributed by atoms with van der Waals surface area (Å²) in [6.07, 6.45) is 6.39. The summed E-state index contributed by atoms with van der Waals surface area (Å²) >= 11 is 2.03. The van der Waals surface area contributed by atoms with E-state index in [0.29, 0.717) is 5.41 Å². The highest BCUT2D eigenvalue weighted by Gasteiger charge is 2.24. The van der Waals surface area contributed by atoms with Gasteiger partial charge in [0.25, 0.3) is 0 Å². The Kier molecular flexibility index (Phi) is 4.11. The van der Waals surface area contributed by atoms with Crippen molar-refractivity contribution in [2.45, 2.75) is 51.3 Å². The third-order valence-corrected chi connectivity index (χ3v) is 3.73. The van der Waals surface area contributed by atoms with Crippen molar-refractivity contribution in [1.29, 1.82) is 0 Å². The minimum absolute atomic E-state index is 0.428. The molecule has 1 fully saturated rings. The average molecular weight is 201 g/mol. The Labute approximate surface area is 87.1 Å². The highest BCUT2D eigenvalue weighted by molar-refractivity contribution is 7.99. The maximum Gasteiger partial charge on any atom is 0.00782 e. The second-order valence-electron chi connectivity index (χ2n) is 5.31. The molecule has 0 bridgehead atoms. The first-order chi connectivity index (χ1) is 6.01. The van der Waals surface area contributed by atoms with Crippen molar-refractivity contribution in [3.05, 3.63) is 0 Å². The largest absolute Gasteiger partial charge is 0.313 e. The number of hydrogen-bond donors (Lipinski definition) is 1. The fraction of sp³-hybridized carbons (Fsp3) is 1.00. The van der Waals surface area contributed by atoms with Gasteiger partial charge in [-0.25, -0.2) is 0 Å². The molecule has 0 heterocycles. The van der Waals surface area contributed by atoms with Gasteiger partial charge < -0.3 is 5.32 Å². The Morgan fingerprint density at radius 3 is 2.46 bits per heavy atom. The van der Waals surface area contributed by atoms with Crippen LogP contribution < -0.4 is 5.32 Å². The maximum atomic E-state index is 3.67. The first-order valence-electron chi connectivity index (χ1n) is 5.27.